The number of carbonyl (C=O) groups excluding carboxylic acids is 13. The average molecular weight is 1440 g/mol. The molecular weight excluding hydrogens is 1320 g/mol. The summed E-state index contributed by atoms with van der Waals surface area (Å²) in [5, 5.41) is 68.9. The Labute approximate surface area is 594 Å². The second-order valence-corrected chi connectivity index (χ2v) is 28.7. The molecule has 0 aliphatic carbocycles. The fourth-order valence-electron chi connectivity index (χ4n) is 11.2. The molecule has 0 saturated carbocycles. The maximum atomic E-state index is 15.1. The lowest BCUT2D eigenvalue weighted by Gasteiger charge is -2.31. The van der Waals surface area contributed by atoms with E-state index in [2.05, 4.69) is 65.4 Å². The van der Waals surface area contributed by atoms with E-state index in [9.17, 15) is 87.5 Å². The molecule has 32 nitrogen and oxygen atoms in total. The third-order valence-corrected chi connectivity index (χ3v) is 16.8. The molecule has 0 aromatic rings. The van der Waals surface area contributed by atoms with Gasteiger partial charge in [0.25, 0.3) is 0 Å². The fourth-order valence-corrected chi connectivity index (χ4v) is 11.2. The van der Waals surface area contributed by atoms with Gasteiger partial charge in [0.15, 0.2) is 0 Å². The van der Waals surface area contributed by atoms with Gasteiger partial charge >= 0.3 is 17.9 Å². The number of carbonyl (C=O) groups is 15. The molecular formula is C69H120N12O20. The lowest BCUT2D eigenvalue weighted by molar-refractivity contribution is -0.156. The summed E-state index contributed by atoms with van der Waals surface area (Å²) in [5.74, 6) is -19.5. The Bertz CT molecular complexity index is 2750. The van der Waals surface area contributed by atoms with Gasteiger partial charge in [-0.25, -0.2) is 4.79 Å². The number of hydrogen-bond acceptors (Lipinski definition) is 18. The number of nitrogens with two attached hydrogens (primary N) is 1. The highest BCUT2D eigenvalue weighted by Crippen LogP contribution is 2.18. The largest absolute Gasteiger partial charge is 0.481 e. The van der Waals surface area contributed by atoms with Gasteiger partial charge in [0.05, 0.1) is 25.6 Å². The van der Waals surface area contributed by atoms with Crippen LogP contribution >= 0.6 is 0 Å². The molecule has 1 aliphatic heterocycles. The molecule has 576 valence electrons. The first-order valence-corrected chi connectivity index (χ1v) is 35.8. The number of amides is 12. The Kier molecular flexibility index (Phi) is 42.5. The number of aliphatic carboxylic acids is 2. The predicted molar refractivity (Wildman–Crippen MR) is 371 cm³/mol. The number of cyclic esters (lactones) is 1. The van der Waals surface area contributed by atoms with Gasteiger partial charge in [0.2, 0.25) is 70.9 Å². The zero-order chi connectivity index (χ0) is 77.0. The number of primary amides is 1. The van der Waals surface area contributed by atoms with Crippen LogP contribution in [0.2, 0.25) is 0 Å². The van der Waals surface area contributed by atoms with Crippen LogP contribution in [0, 0.1) is 35.5 Å². The maximum absolute atomic E-state index is 15.1. The van der Waals surface area contributed by atoms with E-state index in [1.165, 1.54) is 0 Å². The maximum Gasteiger partial charge on any atom is 0.329 e. The summed E-state index contributed by atoms with van der Waals surface area (Å²) in [6, 6.07) is -18.6. The molecule has 1 fully saturated rings. The number of rotatable bonds is 36. The molecule has 1 saturated heterocycles. The summed E-state index contributed by atoms with van der Waals surface area (Å²) in [6.45, 7) is 22.3. The van der Waals surface area contributed by atoms with Crippen molar-refractivity contribution in [2.75, 3.05) is 6.61 Å². The number of hydrogen-bond donors (Lipinski definition) is 16. The summed E-state index contributed by atoms with van der Waals surface area (Å²) in [7, 11) is 0. The fraction of sp³-hybridized carbons (Fsp3) is 0.783. The molecule has 0 spiro atoms. The second-order valence-electron chi connectivity index (χ2n) is 28.7. The number of unbranched alkanes of at least 4 members (excludes halogenated alkanes) is 6. The first-order valence-electron chi connectivity index (χ1n) is 35.8. The molecule has 1 aliphatic rings. The summed E-state index contributed by atoms with van der Waals surface area (Å²) >= 11 is 0. The van der Waals surface area contributed by atoms with Gasteiger partial charge in [-0.3, -0.25) is 67.1 Å². The molecule has 1 rings (SSSR count). The van der Waals surface area contributed by atoms with E-state index in [1.54, 1.807) is 83.1 Å². The van der Waals surface area contributed by atoms with Gasteiger partial charge in [-0.2, -0.15) is 0 Å². The zero-order valence-electron chi connectivity index (χ0n) is 61.7. The SMILES string of the molecule is CCCCCCCCC[C@H](O)CC(=O)N[C@H](CC(C)C)C(=O)N[C@H](CC(=O)O)C(=O)N[C@H]1C(=O)N[C@H](CC(C)C)C(=O)N[C@H](CC(C)C)C(=O)N[C@H](CO)C(=O)N[C@@H](CC(C)C)C(=O)N[C@H](CCC(N)=O)C(=O)N[C@@H](CC(C)C)C(=O)N[C@@H]([C@@H](C)CC)C(=O)N[C@@H](CCC(=O)O)C(=O)O[C@@H]1C. The molecule has 0 aromatic heterocycles. The van der Waals surface area contributed by atoms with Crippen molar-refractivity contribution in [3.63, 3.8) is 0 Å². The van der Waals surface area contributed by atoms with Crippen LogP contribution in [0.4, 0.5) is 0 Å². The summed E-state index contributed by atoms with van der Waals surface area (Å²) in [5.41, 5.74) is 5.48. The highest BCUT2D eigenvalue weighted by atomic mass is 16.5. The Morgan fingerprint density at radius 1 is 0.485 bits per heavy atom. The van der Waals surface area contributed by atoms with Crippen molar-refractivity contribution in [1.82, 2.24) is 58.5 Å². The third kappa shape index (κ3) is 36.4. The van der Waals surface area contributed by atoms with Crippen molar-refractivity contribution in [1.29, 1.82) is 0 Å². The molecule has 0 unspecified atom stereocenters. The van der Waals surface area contributed by atoms with Crippen molar-refractivity contribution < 1.29 is 97.1 Å². The molecule has 0 aromatic carbocycles. The van der Waals surface area contributed by atoms with Crippen LogP contribution in [0.15, 0.2) is 0 Å². The van der Waals surface area contributed by atoms with Crippen molar-refractivity contribution in [2.24, 2.45) is 41.2 Å². The molecule has 14 atom stereocenters. The lowest BCUT2D eigenvalue weighted by atomic mass is 9.96. The Morgan fingerprint density at radius 3 is 1.36 bits per heavy atom. The molecule has 0 bridgehead atoms. The van der Waals surface area contributed by atoms with Gasteiger partial charge in [0, 0.05) is 12.8 Å². The minimum Gasteiger partial charge on any atom is -0.481 e. The smallest absolute Gasteiger partial charge is 0.329 e. The van der Waals surface area contributed by atoms with Crippen molar-refractivity contribution >= 4 is 88.8 Å². The molecule has 1 heterocycles. The van der Waals surface area contributed by atoms with Crippen LogP contribution in [0.3, 0.4) is 0 Å². The van der Waals surface area contributed by atoms with E-state index in [1.807, 2.05) is 0 Å². The van der Waals surface area contributed by atoms with Gasteiger partial charge in [-0.15, -0.1) is 0 Å². The number of esters is 1. The van der Waals surface area contributed by atoms with Gasteiger partial charge in [0.1, 0.15) is 72.6 Å². The van der Waals surface area contributed by atoms with E-state index in [0.717, 1.165) is 45.4 Å². The quantitative estimate of drug-likeness (QED) is 0.0308. The van der Waals surface area contributed by atoms with Crippen LogP contribution in [0.5, 0.6) is 0 Å². The minimum absolute atomic E-state index is 0.0394. The number of nitrogens with one attached hydrogen (secondary N) is 11. The van der Waals surface area contributed by atoms with Gasteiger partial charge in [-0.1, -0.05) is 141 Å². The van der Waals surface area contributed by atoms with Crippen molar-refractivity contribution in [3.05, 3.63) is 0 Å². The van der Waals surface area contributed by atoms with Crippen LogP contribution in [0.25, 0.3) is 0 Å². The summed E-state index contributed by atoms with van der Waals surface area (Å²) in [6.07, 6.45) is -0.154. The van der Waals surface area contributed by atoms with Crippen LogP contribution in [0.1, 0.15) is 225 Å². The molecule has 101 heavy (non-hydrogen) atoms. The number of aliphatic hydroxyl groups excluding tert-OH is 2. The molecule has 32 heteroatoms. The monoisotopic (exact) mass is 1440 g/mol. The Balaban J connectivity index is 4.34. The predicted octanol–water partition coefficient (Wildman–Crippen LogP) is 1.03. The summed E-state index contributed by atoms with van der Waals surface area (Å²) < 4.78 is 5.80. The average Bonchev–Trinajstić information content (AvgIpc) is 0.845. The Hall–Kier alpha value is -8.03. The Morgan fingerprint density at radius 2 is 0.911 bits per heavy atom. The first kappa shape index (κ1) is 91.0. The molecule has 17 N–H and O–H groups in total. The van der Waals surface area contributed by atoms with Crippen LogP contribution < -0.4 is 64.2 Å². The third-order valence-electron chi connectivity index (χ3n) is 16.8. The van der Waals surface area contributed by atoms with Crippen molar-refractivity contribution in [3.8, 4) is 0 Å². The van der Waals surface area contributed by atoms with Crippen LogP contribution in [-0.4, -0.2) is 194 Å². The van der Waals surface area contributed by atoms with Crippen molar-refractivity contribution in [2.45, 2.75) is 304 Å². The highest BCUT2D eigenvalue weighted by Gasteiger charge is 2.41. The highest BCUT2D eigenvalue weighted by molar-refractivity contribution is 6.00. The normalized spacial score (nSPS) is 23.4. The van der Waals surface area contributed by atoms with Crippen LogP contribution in [-0.2, 0) is 76.7 Å². The second kappa shape index (κ2) is 47.2. The van der Waals surface area contributed by atoms with E-state index in [-0.39, 0.29) is 68.6 Å². The van der Waals surface area contributed by atoms with Gasteiger partial charge in [-0.05, 0) is 93.8 Å². The number of carboxylic acids is 2. The van der Waals surface area contributed by atoms with E-state index >= 15 is 4.79 Å². The summed E-state index contributed by atoms with van der Waals surface area (Å²) in [4.78, 5) is 210. The number of ether oxygens (including phenoxy) is 1. The zero-order valence-corrected chi connectivity index (χ0v) is 61.7. The first-order chi connectivity index (χ1) is 47.2. The van der Waals surface area contributed by atoms with E-state index in [0.29, 0.717) is 12.8 Å². The molecule has 0 radical (unpaired) electrons. The van der Waals surface area contributed by atoms with Gasteiger partial charge < -0.3 is 89.4 Å². The molecule has 12 amide bonds. The lowest BCUT2D eigenvalue weighted by Crippen LogP contribution is -2.63. The van der Waals surface area contributed by atoms with E-state index < -0.39 is 218 Å². The number of aliphatic hydroxyl groups is 2. The van der Waals surface area contributed by atoms with E-state index in [4.69, 9.17) is 10.5 Å². The standard InChI is InChI=1S/C69H120N12O20/c1-15-17-18-19-20-21-22-23-43(83)33-54(85)71-46(28-36(3)4)60(91)77-51(34-56(88)89)65(96)81-58-42(14)101-69(100)45(25-27-55(86)87)73-67(98)57(41(13)16-2)80-64(95)50(32-40(11)12)74-59(90)44(24-26-53(70)84)72-61(92)47(29-37(5)6)76-66(97)52(35-82)79-63(94)48(30-38(7)8)75-62(93)49(31-39(9)10)78-68(58)99/h36-52,57-58,82-83H,15-35H2,1-14H3,(H2,70,84)(H,71,85)(H,72,92)(H,73,98)(H,74,90)(H,75,93)(H,76,97)(H,77,91)(H,78,99)(H,79,94)(H,80,95)(H,81,96)(H,86,87)(H,88,89)/t41-,42+,43-,44+,45-,46+,47-,48+,49+,50-,51+,52+,57-,58+/m0/s1. The minimum atomic E-state index is -2.18. The topological polar surface area (TPSA) is 505 Å². The number of carboxylic acid groups (broad SMARTS) is 2.